The van der Waals surface area contributed by atoms with Crippen molar-refractivity contribution < 1.29 is 18.7 Å². The van der Waals surface area contributed by atoms with Crippen LogP contribution in [0.15, 0.2) is 69.5 Å². The van der Waals surface area contributed by atoms with Crippen molar-refractivity contribution in [1.82, 2.24) is 0 Å². The molecule has 4 nitrogen and oxygen atoms in total. The Kier molecular flexibility index (Phi) is 3.82. The Bertz CT molecular complexity index is 1060. The second kappa shape index (κ2) is 6.15. The largest absolute Gasteiger partial charge is 0.475 e. The van der Waals surface area contributed by atoms with Gasteiger partial charge in [-0.15, -0.1) is 0 Å². The molecule has 2 heterocycles. The van der Waals surface area contributed by atoms with Crippen LogP contribution in [0.5, 0.6) is 0 Å². The molecule has 4 rings (SSSR count). The van der Waals surface area contributed by atoms with Gasteiger partial charge in [0.1, 0.15) is 17.1 Å². The Morgan fingerprint density at radius 2 is 1.80 bits per heavy atom. The Morgan fingerprint density at radius 1 is 1.00 bits per heavy atom. The molecule has 0 bridgehead atoms. The summed E-state index contributed by atoms with van der Waals surface area (Å²) < 4.78 is 11.4. The lowest BCUT2D eigenvalue weighted by atomic mass is 10.1. The minimum absolute atomic E-state index is 0.0855. The fourth-order valence-corrected chi connectivity index (χ4v) is 3.09. The SMILES string of the molecule is O=C(O)c1ccc(Cc2cc(Cl)cc3cc(-c4ccccc4)oc23)o1. The first-order chi connectivity index (χ1) is 12.1. The molecule has 0 saturated heterocycles. The molecule has 124 valence electrons. The van der Waals surface area contributed by atoms with Crippen molar-refractivity contribution in [3.05, 3.63) is 82.8 Å². The third-order valence-electron chi connectivity index (χ3n) is 3.95. The Balaban J connectivity index is 1.77. The topological polar surface area (TPSA) is 63.6 Å². The predicted octanol–water partition coefficient (Wildman–Crippen LogP) is 5.64. The number of hydrogen-bond donors (Lipinski definition) is 1. The van der Waals surface area contributed by atoms with Crippen molar-refractivity contribution in [2.75, 3.05) is 0 Å². The quantitative estimate of drug-likeness (QED) is 0.516. The van der Waals surface area contributed by atoms with Crippen LogP contribution >= 0.6 is 11.6 Å². The van der Waals surface area contributed by atoms with E-state index in [1.165, 1.54) is 6.07 Å². The minimum Gasteiger partial charge on any atom is -0.475 e. The van der Waals surface area contributed by atoms with Crippen LogP contribution in [0.2, 0.25) is 5.02 Å². The van der Waals surface area contributed by atoms with Crippen LogP contribution in [0, 0.1) is 0 Å². The van der Waals surface area contributed by atoms with Gasteiger partial charge >= 0.3 is 5.97 Å². The van der Waals surface area contributed by atoms with Gasteiger partial charge in [-0.3, -0.25) is 0 Å². The van der Waals surface area contributed by atoms with E-state index in [0.29, 0.717) is 17.2 Å². The number of hydrogen-bond acceptors (Lipinski definition) is 3. The van der Waals surface area contributed by atoms with Crippen molar-refractivity contribution in [1.29, 1.82) is 0 Å². The van der Waals surface area contributed by atoms with Crippen LogP contribution in [-0.4, -0.2) is 11.1 Å². The van der Waals surface area contributed by atoms with E-state index in [-0.39, 0.29) is 5.76 Å². The predicted molar refractivity (Wildman–Crippen MR) is 95.1 cm³/mol. The van der Waals surface area contributed by atoms with Crippen LogP contribution in [0.4, 0.5) is 0 Å². The molecule has 0 fully saturated rings. The molecule has 1 N–H and O–H groups in total. The molecule has 4 aromatic rings. The third kappa shape index (κ3) is 3.04. The molecule has 0 spiro atoms. The van der Waals surface area contributed by atoms with Gasteiger partial charge in [0.05, 0.1) is 0 Å². The van der Waals surface area contributed by atoms with Crippen LogP contribution in [-0.2, 0) is 6.42 Å². The third-order valence-corrected chi connectivity index (χ3v) is 4.17. The lowest BCUT2D eigenvalue weighted by molar-refractivity contribution is 0.0660. The van der Waals surface area contributed by atoms with Gasteiger partial charge in [0.15, 0.2) is 0 Å². The lowest BCUT2D eigenvalue weighted by Crippen LogP contribution is -1.92. The Hall–Kier alpha value is -2.98. The zero-order chi connectivity index (χ0) is 17.4. The summed E-state index contributed by atoms with van der Waals surface area (Å²) in [6.07, 6.45) is 0.395. The van der Waals surface area contributed by atoms with E-state index in [1.54, 1.807) is 6.07 Å². The average molecular weight is 353 g/mol. The number of furan rings is 2. The van der Waals surface area contributed by atoms with Crippen LogP contribution in [0.3, 0.4) is 0 Å². The van der Waals surface area contributed by atoms with Crippen molar-refractivity contribution in [2.45, 2.75) is 6.42 Å². The molecule has 0 aliphatic heterocycles. The number of rotatable bonds is 4. The Morgan fingerprint density at radius 3 is 2.52 bits per heavy atom. The first kappa shape index (κ1) is 15.5. The number of halogens is 1. The van der Waals surface area contributed by atoms with Gasteiger partial charge in [0.2, 0.25) is 5.76 Å². The highest BCUT2D eigenvalue weighted by molar-refractivity contribution is 6.31. The van der Waals surface area contributed by atoms with Crippen LogP contribution in [0.25, 0.3) is 22.3 Å². The van der Waals surface area contributed by atoms with Gasteiger partial charge in [-0.2, -0.15) is 0 Å². The van der Waals surface area contributed by atoms with Gasteiger partial charge in [-0.1, -0.05) is 41.9 Å². The van der Waals surface area contributed by atoms with Crippen molar-refractivity contribution in [3.63, 3.8) is 0 Å². The minimum atomic E-state index is -1.09. The maximum absolute atomic E-state index is 11.0. The highest BCUT2D eigenvalue weighted by Crippen LogP contribution is 2.33. The zero-order valence-electron chi connectivity index (χ0n) is 13.0. The Labute approximate surface area is 148 Å². The second-order valence-corrected chi connectivity index (χ2v) is 6.14. The summed E-state index contributed by atoms with van der Waals surface area (Å²) in [5.41, 5.74) is 2.54. The number of fused-ring (bicyclic) bond motifs is 1. The zero-order valence-corrected chi connectivity index (χ0v) is 13.8. The molecule has 0 saturated carbocycles. The van der Waals surface area contributed by atoms with Crippen LogP contribution < -0.4 is 0 Å². The van der Waals surface area contributed by atoms with E-state index in [0.717, 1.165) is 27.9 Å². The maximum Gasteiger partial charge on any atom is 0.371 e. The van der Waals surface area contributed by atoms with E-state index >= 15 is 0 Å². The summed E-state index contributed by atoms with van der Waals surface area (Å²) >= 11 is 6.23. The number of benzene rings is 2. The summed E-state index contributed by atoms with van der Waals surface area (Å²) in [5, 5.41) is 10.5. The number of carboxylic acid groups (broad SMARTS) is 1. The standard InChI is InChI=1S/C20H13ClO4/c21-15-8-13(10-16-6-7-17(24-16)20(22)23)19-14(9-15)11-18(25-19)12-4-2-1-3-5-12/h1-9,11H,10H2,(H,22,23). The first-order valence-corrected chi connectivity index (χ1v) is 8.07. The van der Waals surface area contributed by atoms with Gasteiger partial charge in [0, 0.05) is 28.0 Å². The summed E-state index contributed by atoms with van der Waals surface area (Å²) in [6.45, 7) is 0. The lowest BCUT2D eigenvalue weighted by Gasteiger charge is -2.02. The van der Waals surface area contributed by atoms with Crippen molar-refractivity contribution in [2.24, 2.45) is 0 Å². The molecular formula is C20H13ClO4. The van der Waals surface area contributed by atoms with E-state index in [2.05, 4.69) is 0 Å². The number of aromatic carboxylic acids is 1. The summed E-state index contributed by atoms with van der Waals surface area (Å²) in [4.78, 5) is 11.0. The highest BCUT2D eigenvalue weighted by Gasteiger charge is 2.15. The number of carbonyl (C=O) groups is 1. The van der Waals surface area contributed by atoms with Crippen molar-refractivity contribution in [3.8, 4) is 11.3 Å². The molecule has 0 aliphatic carbocycles. The summed E-state index contributed by atoms with van der Waals surface area (Å²) in [7, 11) is 0. The molecule has 0 aliphatic rings. The van der Waals surface area contributed by atoms with E-state index in [1.807, 2.05) is 48.5 Å². The van der Waals surface area contributed by atoms with Crippen LogP contribution in [0.1, 0.15) is 21.9 Å². The molecule has 2 aromatic heterocycles. The summed E-state index contributed by atoms with van der Waals surface area (Å²) in [6, 6.07) is 18.5. The normalized spacial score (nSPS) is 11.1. The van der Waals surface area contributed by atoms with E-state index in [4.69, 9.17) is 25.5 Å². The fraction of sp³-hybridized carbons (Fsp3) is 0.0500. The molecule has 0 amide bonds. The number of carboxylic acids is 1. The molecule has 5 heteroatoms. The highest BCUT2D eigenvalue weighted by atomic mass is 35.5. The molecular weight excluding hydrogens is 340 g/mol. The van der Waals surface area contributed by atoms with Gasteiger partial charge in [0.25, 0.3) is 0 Å². The molecule has 0 radical (unpaired) electrons. The fourth-order valence-electron chi connectivity index (χ4n) is 2.84. The van der Waals surface area contributed by atoms with E-state index < -0.39 is 5.97 Å². The molecule has 25 heavy (non-hydrogen) atoms. The molecule has 2 aromatic carbocycles. The molecule has 0 atom stereocenters. The first-order valence-electron chi connectivity index (χ1n) is 7.69. The summed E-state index contributed by atoms with van der Waals surface area (Å²) in [5.74, 6) is 0.118. The van der Waals surface area contributed by atoms with Gasteiger partial charge < -0.3 is 13.9 Å². The smallest absolute Gasteiger partial charge is 0.371 e. The second-order valence-electron chi connectivity index (χ2n) is 5.71. The monoisotopic (exact) mass is 352 g/mol. The van der Waals surface area contributed by atoms with Crippen molar-refractivity contribution >= 4 is 28.5 Å². The van der Waals surface area contributed by atoms with Gasteiger partial charge in [-0.05, 0) is 30.3 Å². The van der Waals surface area contributed by atoms with Gasteiger partial charge in [-0.25, -0.2) is 4.79 Å². The van der Waals surface area contributed by atoms with E-state index in [9.17, 15) is 4.79 Å². The average Bonchev–Trinajstić information content (AvgIpc) is 3.22. The maximum atomic E-state index is 11.0. The molecule has 0 unspecified atom stereocenters.